The summed E-state index contributed by atoms with van der Waals surface area (Å²) in [6.45, 7) is 1.24. The van der Waals surface area contributed by atoms with Gasteiger partial charge >= 0.3 is 0 Å². The summed E-state index contributed by atoms with van der Waals surface area (Å²) in [5, 5.41) is 17.4. The van der Waals surface area contributed by atoms with Gasteiger partial charge in [-0.25, -0.2) is 0 Å². The Kier molecular flexibility index (Phi) is 4.03. The Morgan fingerprint density at radius 2 is 2.00 bits per heavy atom. The number of rotatable bonds is 7. The van der Waals surface area contributed by atoms with Crippen molar-refractivity contribution in [1.82, 2.24) is 5.32 Å². The molecule has 1 aliphatic rings. The Morgan fingerprint density at radius 1 is 1.21 bits per heavy atom. The first-order valence-electron chi connectivity index (χ1n) is 6.71. The predicted molar refractivity (Wildman–Crippen MR) is 81.8 cm³/mol. The number of nitrogens with one attached hydrogen (secondary N) is 1. The minimum absolute atomic E-state index is 0.172. The van der Waals surface area contributed by atoms with Crippen molar-refractivity contribution >= 4 is 22.7 Å². The molecule has 0 aromatic carbocycles. The third kappa shape index (κ3) is 3.26. The van der Waals surface area contributed by atoms with Crippen LogP contribution in [0, 0.1) is 5.41 Å². The Morgan fingerprint density at radius 3 is 2.58 bits per heavy atom. The van der Waals surface area contributed by atoms with E-state index in [0.29, 0.717) is 12.6 Å². The van der Waals surface area contributed by atoms with Crippen LogP contribution < -0.4 is 5.32 Å². The lowest BCUT2D eigenvalue weighted by molar-refractivity contribution is 0.204. The molecule has 0 spiro atoms. The molecule has 2 heterocycles. The summed E-state index contributed by atoms with van der Waals surface area (Å²) in [6, 6.07) is 9.01. The maximum absolute atomic E-state index is 9.42. The predicted octanol–water partition coefficient (Wildman–Crippen LogP) is 3.46. The third-order valence-electron chi connectivity index (χ3n) is 3.89. The molecule has 2 aromatic heterocycles. The summed E-state index contributed by atoms with van der Waals surface area (Å²) >= 11 is 3.63. The molecule has 0 saturated heterocycles. The molecular weight excluding hydrogens is 274 g/mol. The highest BCUT2D eigenvalue weighted by Crippen LogP contribution is 2.44. The minimum Gasteiger partial charge on any atom is -0.396 e. The molecule has 2 nitrogen and oxygen atoms in total. The molecule has 2 aromatic rings. The third-order valence-corrected chi connectivity index (χ3v) is 5.77. The second-order valence-corrected chi connectivity index (χ2v) is 7.40. The van der Waals surface area contributed by atoms with Gasteiger partial charge in [-0.3, -0.25) is 0 Å². The average Bonchev–Trinajstić information content (AvgIpc) is 2.88. The lowest BCUT2D eigenvalue weighted by atomic mass is 10.1. The topological polar surface area (TPSA) is 32.3 Å². The van der Waals surface area contributed by atoms with E-state index in [-0.39, 0.29) is 5.41 Å². The summed E-state index contributed by atoms with van der Waals surface area (Å²) in [7, 11) is 0. The van der Waals surface area contributed by atoms with E-state index >= 15 is 0 Å². The monoisotopic (exact) mass is 293 g/mol. The molecule has 1 aliphatic carbocycles. The molecule has 0 radical (unpaired) electrons. The van der Waals surface area contributed by atoms with Crippen molar-refractivity contribution in [2.75, 3.05) is 13.2 Å². The lowest BCUT2D eigenvalue weighted by Crippen LogP contribution is -2.30. The van der Waals surface area contributed by atoms with Crippen molar-refractivity contribution < 1.29 is 5.11 Å². The fourth-order valence-corrected chi connectivity index (χ4v) is 3.85. The van der Waals surface area contributed by atoms with Crippen LogP contribution in [0.15, 0.2) is 35.0 Å². The molecule has 1 fully saturated rings. The normalized spacial score (nSPS) is 18.4. The highest BCUT2D eigenvalue weighted by molar-refractivity contribution is 7.10. The van der Waals surface area contributed by atoms with Crippen molar-refractivity contribution in [1.29, 1.82) is 0 Å². The largest absolute Gasteiger partial charge is 0.396 e. The Balaban J connectivity index is 1.66. The maximum atomic E-state index is 9.42. The zero-order valence-electron chi connectivity index (χ0n) is 10.8. The number of thiophene rings is 2. The van der Waals surface area contributed by atoms with Gasteiger partial charge in [-0.15, -0.1) is 22.7 Å². The highest BCUT2D eigenvalue weighted by Gasteiger charge is 2.42. The summed E-state index contributed by atoms with van der Waals surface area (Å²) in [6.07, 6.45) is 3.36. The van der Waals surface area contributed by atoms with Crippen molar-refractivity contribution in [2.45, 2.75) is 25.3 Å². The van der Waals surface area contributed by atoms with E-state index in [0.717, 1.165) is 25.8 Å². The van der Waals surface area contributed by atoms with Crippen molar-refractivity contribution in [3.8, 4) is 0 Å². The first kappa shape index (κ1) is 13.3. The van der Waals surface area contributed by atoms with E-state index in [1.165, 1.54) is 9.75 Å². The van der Waals surface area contributed by atoms with Gasteiger partial charge in [-0.1, -0.05) is 12.1 Å². The van der Waals surface area contributed by atoms with Gasteiger partial charge in [0.1, 0.15) is 0 Å². The smallest absolute Gasteiger partial charge is 0.0499 e. The maximum Gasteiger partial charge on any atom is 0.0499 e. The zero-order chi connectivity index (χ0) is 13.1. The van der Waals surface area contributed by atoms with E-state index in [4.69, 9.17) is 0 Å². The van der Waals surface area contributed by atoms with Gasteiger partial charge < -0.3 is 10.4 Å². The molecule has 19 heavy (non-hydrogen) atoms. The van der Waals surface area contributed by atoms with Gasteiger partial charge in [-0.2, -0.15) is 0 Å². The van der Waals surface area contributed by atoms with Crippen LogP contribution in [-0.2, 0) is 6.42 Å². The van der Waals surface area contributed by atoms with Crippen LogP contribution in [0.25, 0.3) is 0 Å². The molecule has 3 rings (SSSR count). The fraction of sp³-hybridized carbons (Fsp3) is 0.467. The molecule has 102 valence electrons. The van der Waals surface area contributed by atoms with E-state index in [9.17, 15) is 5.11 Å². The van der Waals surface area contributed by atoms with Crippen LogP contribution in [0.3, 0.4) is 0 Å². The molecule has 1 saturated carbocycles. The Labute approximate surface area is 122 Å². The van der Waals surface area contributed by atoms with Crippen LogP contribution in [-0.4, -0.2) is 18.3 Å². The number of aliphatic hydroxyl groups is 1. The number of hydrogen-bond donors (Lipinski definition) is 2. The van der Waals surface area contributed by atoms with Crippen molar-refractivity contribution in [3.63, 3.8) is 0 Å². The van der Waals surface area contributed by atoms with Gasteiger partial charge in [0.25, 0.3) is 0 Å². The Hall–Kier alpha value is -0.680. The van der Waals surface area contributed by atoms with Crippen LogP contribution in [0.4, 0.5) is 0 Å². The first-order valence-corrected chi connectivity index (χ1v) is 8.47. The van der Waals surface area contributed by atoms with Gasteiger partial charge in [-0.05, 0) is 35.7 Å². The van der Waals surface area contributed by atoms with Crippen LogP contribution in [0.5, 0.6) is 0 Å². The molecule has 4 heteroatoms. The lowest BCUT2D eigenvalue weighted by Gasteiger charge is -2.20. The Bertz CT molecular complexity index is 488. The van der Waals surface area contributed by atoms with Crippen LogP contribution in [0.1, 0.15) is 28.6 Å². The highest BCUT2D eigenvalue weighted by atomic mass is 32.1. The quantitative estimate of drug-likeness (QED) is 0.819. The van der Waals surface area contributed by atoms with Crippen LogP contribution >= 0.6 is 22.7 Å². The fourth-order valence-electron chi connectivity index (χ4n) is 2.30. The van der Waals surface area contributed by atoms with Crippen LogP contribution in [0.2, 0.25) is 0 Å². The second-order valence-electron chi connectivity index (χ2n) is 5.39. The molecule has 0 amide bonds. The summed E-state index contributed by atoms with van der Waals surface area (Å²) < 4.78 is 0. The first-order chi connectivity index (χ1) is 9.31. The van der Waals surface area contributed by atoms with Gasteiger partial charge in [0.2, 0.25) is 0 Å². The molecule has 1 atom stereocenters. The SMILES string of the molecule is OCC1(CNC(Cc2cccs2)c2cccs2)CC1. The molecule has 0 bridgehead atoms. The molecule has 2 N–H and O–H groups in total. The average molecular weight is 293 g/mol. The molecular formula is C15H19NOS2. The summed E-state index contributed by atoms with van der Waals surface area (Å²) in [5.74, 6) is 0. The zero-order valence-corrected chi connectivity index (χ0v) is 12.5. The second kappa shape index (κ2) is 5.75. The van der Waals surface area contributed by atoms with Crippen molar-refractivity contribution in [3.05, 3.63) is 44.8 Å². The summed E-state index contributed by atoms with van der Waals surface area (Å²) in [4.78, 5) is 2.81. The summed E-state index contributed by atoms with van der Waals surface area (Å²) in [5.41, 5.74) is 0.172. The molecule has 1 unspecified atom stereocenters. The number of aliphatic hydroxyl groups excluding tert-OH is 1. The van der Waals surface area contributed by atoms with Gasteiger partial charge in [0.15, 0.2) is 0 Å². The van der Waals surface area contributed by atoms with E-state index in [2.05, 4.69) is 40.3 Å². The van der Waals surface area contributed by atoms with E-state index in [1.54, 1.807) is 0 Å². The minimum atomic E-state index is 0.172. The van der Waals surface area contributed by atoms with E-state index in [1.807, 2.05) is 22.7 Å². The standard InChI is InChI=1S/C15H19NOS2/c17-11-15(5-6-15)10-16-13(14-4-2-8-19-14)9-12-3-1-7-18-12/h1-4,7-8,13,16-17H,5-6,9-11H2. The van der Waals surface area contributed by atoms with Crippen molar-refractivity contribution in [2.24, 2.45) is 5.41 Å². The van der Waals surface area contributed by atoms with Gasteiger partial charge in [0, 0.05) is 40.8 Å². The molecule has 0 aliphatic heterocycles. The van der Waals surface area contributed by atoms with E-state index < -0.39 is 0 Å². The number of hydrogen-bond acceptors (Lipinski definition) is 4. The van der Waals surface area contributed by atoms with Gasteiger partial charge in [0.05, 0.1) is 0 Å².